The maximum absolute atomic E-state index is 12.9. The van der Waals surface area contributed by atoms with E-state index in [1.165, 1.54) is 0 Å². The van der Waals surface area contributed by atoms with Crippen LogP contribution in [0.5, 0.6) is 0 Å². The lowest BCUT2D eigenvalue weighted by Gasteiger charge is -2.07. The van der Waals surface area contributed by atoms with Gasteiger partial charge in [0.2, 0.25) is 0 Å². The van der Waals surface area contributed by atoms with Crippen molar-refractivity contribution < 1.29 is 14.3 Å². The highest BCUT2D eigenvalue weighted by Gasteiger charge is 2.26. The van der Waals surface area contributed by atoms with Gasteiger partial charge in [-0.05, 0) is 24.3 Å². The molecule has 1 heterocycles. The zero-order valence-corrected chi connectivity index (χ0v) is 7.18. The summed E-state index contributed by atoms with van der Waals surface area (Å²) in [5.74, 6) is -1.86. The highest BCUT2D eigenvalue weighted by Crippen LogP contribution is 2.16. The number of carbonyl (C=O) groups is 1. The van der Waals surface area contributed by atoms with Crippen molar-refractivity contribution in [2.24, 2.45) is 0 Å². The third kappa shape index (κ3) is 1.79. The van der Waals surface area contributed by atoms with E-state index in [0.29, 0.717) is 0 Å². The highest BCUT2D eigenvalue weighted by molar-refractivity contribution is 5.72. The van der Waals surface area contributed by atoms with E-state index in [9.17, 15) is 9.18 Å². The molecule has 0 spiro atoms. The van der Waals surface area contributed by atoms with E-state index in [1.807, 2.05) is 0 Å². The Hall–Kier alpha value is -1.53. The predicted molar refractivity (Wildman–Crippen MR) is 39.7 cm³/mol. The van der Waals surface area contributed by atoms with Crippen molar-refractivity contribution in [1.29, 1.82) is 0 Å². The maximum Gasteiger partial charge on any atom is 0.346 e. The van der Waals surface area contributed by atoms with Gasteiger partial charge in [-0.3, -0.25) is 0 Å². The van der Waals surface area contributed by atoms with Gasteiger partial charge < -0.3 is 5.11 Å². The molecule has 0 bridgehead atoms. The van der Waals surface area contributed by atoms with Crippen LogP contribution in [-0.4, -0.2) is 31.3 Å². The van der Waals surface area contributed by atoms with Crippen molar-refractivity contribution in [2.75, 3.05) is 0 Å². The Labute approximate surface area is 73.4 Å². The summed E-state index contributed by atoms with van der Waals surface area (Å²) >= 11 is 0. The van der Waals surface area contributed by atoms with Crippen LogP contribution in [0.15, 0.2) is 0 Å². The van der Waals surface area contributed by atoms with Gasteiger partial charge in [-0.25, -0.2) is 13.9 Å². The number of aromatic nitrogens is 4. The molecule has 0 aromatic carbocycles. The van der Waals surface area contributed by atoms with E-state index in [1.54, 1.807) is 13.8 Å². The largest absolute Gasteiger partial charge is 0.479 e. The Morgan fingerprint density at radius 3 is 2.69 bits per heavy atom. The number of aliphatic carboxylic acids is 1. The number of tetrazole rings is 1. The lowest BCUT2D eigenvalue weighted by molar-refractivity contribution is -0.143. The number of hydrogen-bond acceptors (Lipinski definition) is 4. The number of alkyl halides is 1. The summed E-state index contributed by atoms with van der Waals surface area (Å²) in [5.41, 5.74) is 0. The molecule has 1 atom stereocenters. The van der Waals surface area contributed by atoms with Crippen LogP contribution in [0.1, 0.15) is 31.9 Å². The third-order valence-corrected chi connectivity index (χ3v) is 1.45. The number of carboxylic acid groups (broad SMARTS) is 1. The SMILES string of the molecule is CC(C)n1nnnc1C(F)C(=O)O. The Kier molecular flexibility index (Phi) is 2.54. The topological polar surface area (TPSA) is 80.9 Å². The van der Waals surface area contributed by atoms with Crippen LogP contribution in [0.3, 0.4) is 0 Å². The van der Waals surface area contributed by atoms with E-state index in [0.717, 1.165) is 4.68 Å². The van der Waals surface area contributed by atoms with E-state index in [4.69, 9.17) is 5.11 Å². The molecule has 1 aromatic heterocycles. The lowest BCUT2D eigenvalue weighted by Crippen LogP contribution is -2.15. The first-order valence-electron chi connectivity index (χ1n) is 3.68. The molecule has 0 saturated carbocycles. The Balaban J connectivity index is 3.00. The molecular weight excluding hydrogens is 179 g/mol. The Morgan fingerprint density at radius 1 is 1.62 bits per heavy atom. The fourth-order valence-electron chi connectivity index (χ4n) is 0.846. The van der Waals surface area contributed by atoms with Gasteiger partial charge in [0.05, 0.1) is 6.04 Å². The third-order valence-electron chi connectivity index (χ3n) is 1.45. The minimum absolute atomic E-state index is 0.164. The number of nitrogens with zero attached hydrogens (tertiary/aromatic N) is 4. The van der Waals surface area contributed by atoms with Crippen molar-refractivity contribution in [2.45, 2.75) is 26.1 Å². The van der Waals surface area contributed by atoms with Crippen LogP contribution in [0, 0.1) is 0 Å². The van der Waals surface area contributed by atoms with E-state index in [2.05, 4.69) is 15.5 Å². The molecule has 0 saturated heterocycles. The van der Waals surface area contributed by atoms with Crippen molar-refractivity contribution in [3.05, 3.63) is 5.82 Å². The van der Waals surface area contributed by atoms with E-state index < -0.39 is 12.1 Å². The van der Waals surface area contributed by atoms with Gasteiger partial charge in [-0.15, -0.1) is 5.10 Å². The molecule has 0 aliphatic rings. The molecule has 1 N–H and O–H groups in total. The highest BCUT2D eigenvalue weighted by atomic mass is 19.1. The molecule has 1 rings (SSSR count). The fraction of sp³-hybridized carbons (Fsp3) is 0.667. The smallest absolute Gasteiger partial charge is 0.346 e. The second kappa shape index (κ2) is 3.46. The van der Waals surface area contributed by atoms with Crippen molar-refractivity contribution in [3.63, 3.8) is 0 Å². The average molecular weight is 188 g/mol. The normalized spacial score (nSPS) is 13.2. The first kappa shape index (κ1) is 9.56. The summed E-state index contributed by atoms with van der Waals surface area (Å²) in [4.78, 5) is 10.3. The number of hydrogen-bond donors (Lipinski definition) is 1. The molecule has 13 heavy (non-hydrogen) atoms. The molecule has 0 fully saturated rings. The van der Waals surface area contributed by atoms with Crippen molar-refractivity contribution in [1.82, 2.24) is 20.2 Å². The van der Waals surface area contributed by atoms with Gasteiger partial charge >= 0.3 is 5.97 Å². The first-order valence-corrected chi connectivity index (χ1v) is 3.68. The zero-order valence-electron chi connectivity index (χ0n) is 7.18. The summed E-state index contributed by atoms with van der Waals surface area (Å²) in [6, 6.07) is -0.164. The van der Waals surface area contributed by atoms with Crippen LogP contribution >= 0.6 is 0 Å². The second-order valence-electron chi connectivity index (χ2n) is 2.78. The average Bonchev–Trinajstić information content (AvgIpc) is 2.50. The monoisotopic (exact) mass is 188 g/mol. The van der Waals surface area contributed by atoms with Crippen LogP contribution in [-0.2, 0) is 4.79 Å². The number of rotatable bonds is 3. The van der Waals surface area contributed by atoms with Gasteiger partial charge in [0, 0.05) is 0 Å². The number of carboxylic acids is 1. The summed E-state index contributed by atoms with van der Waals surface area (Å²) in [5, 5.41) is 18.4. The predicted octanol–water partition coefficient (Wildman–Crippen LogP) is 0.349. The second-order valence-corrected chi connectivity index (χ2v) is 2.78. The van der Waals surface area contributed by atoms with Gasteiger partial charge in [0.25, 0.3) is 6.17 Å². The van der Waals surface area contributed by atoms with Crippen molar-refractivity contribution >= 4 is 5.97 Å². The van der Waals surface area contributed by atoms with Crippen molar-refractivity contribution in [3.8, 4) is 0 Å². The molecular formula is C6H9FN4O2. The minimum atomic E-state index is -2.17. The molecule has 0 radical (unpaired) electrons. The van der Waals surface area contributed by atoms with Gasteiger partial charge in [0.15, 0.2) is 5.82 Å². The molecule has 7 heteroatoms. The summed E-state index contributed by atoms with van der Waals surface area (Å²) in [7, 11) is 0. The van der Waals surface area contributed by atoms with Gasteiger partial charge in [0.1, 0.15) is 0 Å². The molecule has 0 amide bonds. The Morgan fingerprint density at radius 2 is 2.23 bits per heavy atom. The van der Waals surface area contributed by atoms with Gasteiger partial charge in [-0.2, -0.15) is 0 Å². The van der Waals surface area contributed by atoms with E-state index >= 15 is 0 Å². The standard InChI is InChI=1S/C6H9FN4O2/c1-3(2)11-5(8-9-10-11)4(7)6(12)13/h3-4H,1-2H3,(H,12,13). The quantitative estimate of drug-likeness (QED) is 0.740. The van der Waals surface area contributed by atoms with Crippen LogP contribution in [0.2, 0.25) is 0 Å². The number of halogens is 1. The molecule has 6 nitrogen and oxygen atoms in total. The molecule has 72 valence electrons. The van der Waals surface area contributed by atoms with Crippen LogP contribution in [0.4, 0.5) is 4.39 Å². The first-order chi connectivity index (χ1) is 6.04. The van der Waals surface area contributed by atoms with E-state index in [-0.39, 0.29) is 11.9 Å². The molecule has 0 aliphatic heterocycles. The fourth-order valence-corrected chi connectivity index (χ4v) is 0.846. The van der Waals surface area contributed by atoms with Crippen LogP contribution in [0.25, 0.3) is 0 Å². The maximum atomic E-state index is 12.9. The molecule has 1 unspecified atom stereocenters. The summed E-state index contributed by atoms with van der Waals surface area (Å²) in [6.07, 6.45) is -2.17. The minimum Gasteiger partial charge on any atom is -0.479 e. The lowest BCUT2D eigenvalue weighted by atomic mass is 10.3. The molecule has 1 aromatic rings. The zero-order chi connectivity index (χ0) is 10.0. The molecule has 0 aliphatic carbocycles. The summed E-state index contributed by atoms with van der Waals surface area (Å²) < 4.78 is 14.1. The summed E-state index contributed by atoms with van der Waals surface area (Å²) in [6.45, 7) is 3.46. The van der Waals surface area contributed by atoms with Gasteiger partial charge in [-0.1, -0.05) is 0 Å². The Bertz CT molecular complexity index is 311. The van der Waals surface area contributed by atoms with Crippen LogP contribution < -0.4 is 0 Å².